The summed E-state index contributed by atoms with van der Waals surface area (Å²) >= 11 is 0. The zero-order chi connectivity index (χ0) is 8.57. The van der Waals surface area contributed by atoms with Gasteiger partial charge in [0.1, 0.15) is 0 Å². The van der Waals surface area contributed by atoms with E-state index in [0.717, 1.165) is 0 Å². The summed E-state index contributed by atoms with van der Waals surface area (Å²) in [5.74, 6) is 0. The lowest BCUT2D eigenvalue weighted by molar-refractivity contribution is -0.523. The molecule has 0 amide bonds. The first-order valence-electron chi connectivity index (χ1n) is 3.85. The molecule has 0 aliphatic rings. The zero-order valence-corrected chi connectivity index (χ0v) is 7.26. The van der Waals surface area contributed by atoms with Crippen LogP contribution >= 0.6 is 0 Å². The summed E-state index contributed by atoms with van der Waals surface area (Å²) in [6.45, 7) is 7.66. The second-order valence-electron chi connectivity index (χ2n) is 1.76. The standard InChI is InChI=1S/C5H11NO2.C2H6/c1-3-5(4-2)6(7)8;1-2/h5H,3-4H2,1-2H3;1-2H3. The van der Waals surface area contributed by atoms with Gasteiger partial charge in [-0.25, -0.2) is 0 Å². The van der Waals surface area contributed by atoms with Gasteiger partial charge < -0.3 is 0 Å². The molecule has 0 rings (SSSR count). The van der Waals surface area contributed by atoms with Crippen LogP contribution in [0, 0.1) is 10.1 Å². The molecule has 3 nitrogen and oxygen atoms in total. The highest BCUT2D eigenvalue weighted by Crippen LogP contribution is 1.99. The molecular formula is C7H17NO2. The largest absolute Gasteiger partial charge is 0.264 e. The van der Waals surface area contributed by atoms with Crippen LogP contribution in [-0.4, -0.2) is 11.0 Å². The monoisotopic (exact) mass is 147 g/mol. The van der Waals surface area contributed by atoms with Gasteiger partial charge in [0, 0.05) is 17.8 Å². The van der Waals surface area contributed by atoms with Crippen LogP contribution in [0.5, 0.6) is 0 Å². The minimum absolute atomic E-state index is 0.222. The molecule has 0 saturated heterocycles. The quantitative estimate of drug-likeness (QED) is 0.454. The number of rotatable bonds is 3. The Kier molecular flexibility index (Phi) is 10.2. The molecule has 0 spiro atoms. The molecule has 0 radical (unpaired) electrons. The molecule has 0 atom stereocenters. The minimum Gasteiger partial charge on any atom is -0.264 e. The van der Waals surface area contributed by atoms with Gasteiger partial charge in [0.2, 0.25) is 6.04 Å². The third kappa shape index (κ3) is 5.54. The van der Waals surface area contributed by atoms with E-state index in [0.29, 0.717) is 12.8 Å². The minimum atomic E-state index is -0.324. The summed E-state index contributed by atoms with van der Waals surface area (Å²) in [5, 5.41) is 9.97. The van der Waals surface area contributed by atoms with Crippen LogP contribution in [0.4, 0.5) is 0 Å². The van der Waals surface area contributed by atoms with Crippen molar-refractivity contribution in [3.63, 3.8) is 0 Å². The Labute approximate surface area is 62.6 Å². The predicted molar refractivity (Wildman–Crippen MR) is 42.7 cm³/mol. The fraction of sp³-hybridized carbons (Fsp3) is 1.00. The zero-order valence-electron chi connectivity index (χ0n) is 7.26. The first kappa shape index (κ1) is 12.1. The van der Waals surface area contributed by atoms with E-state index in [1.54, 1.807) is 0 Å². The van der Waals surface area contributed by atoms with Crippen molar-refractivity contribution in [2.24, 2.45) is 0 Å². The third-order valence-electron chi connectivity index (χ3n) is 1.24. The molecule has 0 aliphatic carbocycles. The van der Waals surface area contributed by atoms with E-state index in [1.165, 1.54) is 0 Å². The Morgan fingerprint density at radius 3 is 1.60 bits per heavy atom. The summed E-state index contributed by atoms with van der Waals surface area (Å²) < 4.78 is 0. The van der Waals surface area contributed by atoms with Gasteiger partial charge in [-0.15, -0.1) is 0 Å². The van der Waals surface area contributed by atoms with Crippen molar-refractivity contribution in [1.29, 1.82) is 0 Å². The van der Waals surface area contributed by atoms with Crippen LogP contribution in [-0.2, 0) is 0 Å². The third-order valence-corrected chi connectivity index (χ3v) is 1.24. The van der Waals surface area contributed by atoms with Crippen LogP contribution in [0.15, 0.2) is 0 Å². The van der Waals surface area contributed by atoms with Crippen molar-refractivity contribution in [2.75, 3.05) is 0 Å². The topological polar surface area (TPSA) is 43.1 Å². The molecule has 0 aromatic carbocycles. The van der Waals surface area contributed by atoms with E-state index in [2.05, 4.69) is 0 Å². The maximum absolute atomic E-state index is 9.97. The molecule has 0 fully saturated rings. The highest BCUT2D eigenvalue weighted by molar-refractivity contribution is 4.47. The summed E-state index contributed by atoms with van der Waals surface area (Å²) in [4.78, 5) is 9.74. The second kappa shape index (κ2) is 8.40. The Bertz CT molecular complexity index is 79.7. The lowest BCUT2D eigenvalue weighted by Crippen LogP contribution is -2.16. The van der Waals surface area contributed by atoms with Crippen molar-refractivity contribution in [3.05, 3.63) is 10.1 Å². The lowest BCUT2D eigenvalue weighted by atomic mass is 10.2. The van der Waals surface area contributed by atoms with Gasteiger partial charge in [-0.1, -0.05) is 27.7 Å². The smallest absolute Gasteiger partial charge is 0.212 e. The van der Waals surface area contributed by atoms with Crippen molar-refractivity contribution < 1.29 is 4.92 Å². The van der Waals surface area contributed by atoms with Crippen molar-refractivity contribution in [1.82, 2.24) is 0 Å². The Hall–Kier alpha value is -0.600. The van der Waals surface area contributed by atoms with E-state index in [1.807, 2.05) is 27.7 Å². The molecule has 0 aromatic rings. The average molecular weight is 147 g/mol. The maximum Gasteiger partial charge on any atom is 0.212 e. The summed E-state index contributed by atoms with van der Waals surface area (Å²) in [5.41, 5.74) is 0. The van der Waals surface area contributed by atoms with Crippen LogP contribution in [0.3, 0.4) is 0 Å². The van der Waals surface area contributed by atoms with Gasteiger partial charge in [-0.2, -0.15) is 0 Å². The first-order chi connectivity index (χ1) is 4.72. The van der Waals surface area contributed by atoms with Gasteiger partial charge in [0.25, 0.3) is 0 Å². The average Bonchev–Trinajstić information content (AvgIpc) is 1.94. The Morgan fingerprint density at radius 2 is 1.60 bits per heavy atom. The second-order valence-corrected chi connectivity index (χ2v) is 1.76. The molecule has 3 heteroatoms. The fourth-order valence-electron chi connectivity index (χ4n) is 0.587. The van der Waals surface area contributed by atoms with Crippen LogP contribution in [0.2, 0.25) is 0 Å². The molecule has 0 N–H and O–H groups in total. The van der Waals surface area contributed by atoms with Gasteiger partial charge >= 0.3 is 0 Å². The lowest BCUT2D eigenvalue weighted by Gasteiger charge is -1.99. The number of nitro groups is 1. The van der Waals surface area contributed by atoms with Crippen LogP contribution in [0.1, 0.15) is 40.5 Å². The number of nitrogens with zero attached hydrogens (tertiary/aromatic N) is 1. The van der Waals surface area contributed by atoms with Crippen molar-refractivity contribution in [3.8, 4) is 0 Å². The highest BCUT2D eigenvalue weighted by Gasteiger charge is 2.12. The molecule has 10 heavy (non-hydrogen) atoms. The summed E-state index contributed by atoms with van der Waals surface area (Å²) in [7, 11) is 0. The van der Waals surface area contributed by atoms with E-state index in [-0.39, 0.29) is 11.0 Å². The van der Waals surface area contributed by atoms with E-state index >= 15 is 0 Å². The van der Waals surface area contributed by atoms with Gasteiger partial charge in [-0.05, 0) is 0 Å². The molecule has 0 aromatic heterocycles. The first-order valence-corrected chi connectivity index (χ1v) is 3.85. The van der Waals surface area contributed by atoms with E-state index in [4.69, 9.17) is 0 Å². The Morgan fingerprint density at radius 1 is 1.30 bits per heavy atom. The molecule has 0 bridgehead atoms. The molecule has 0 saturated carbocycles. The van der Waals surface area contributed by atoms with E-state index < -0.39 is 0 Å². The Balaban J connectivity index is 0. The maximum atomic E-state index is 9.97. The summed E-state index contributed by atoms with van der Waals surface area (Å²) in [6.07, 6.45) is 1.28. The molecule has 0 heterocycles. The highest BCUT2D eigenvalue weighted by atomic mass is 16.6. The van der Waals surface area contributed by atoms with Crippen LogP contribution < -0.4 is 0 Å². The number of hydrogen-bond donors (Lipinski definition) is 0. The van der Waals surface area contributed by atoms with Gasteiger partial charge in [-0.3, -0.25) is 10.1 Å². The normalized spacial score (nSPS) is 8.50. The molecule has 0 unspecified atom stereocenters. The van der Waals surface area contributed by atoms with E-state index in [9.17, 15) is 10.1 Å². The molecule has 0 aliphatic heterocycles. The number of hydrogen-bond acceptors (Lipinski definition) is 2. The van der Waals surface area contributed by atoms with Crippen molar-refractivity contribution in [2.45, 2.75) is 46.6 Å². The predicted octanol–water partition coefficient (Wildman–Crippen LogP) is 2.48. The molecule has 62 valence electrons. The summed E-state index contributed by atoms with van der Waals surface area (Å²) in [6, 6.07) is -0.324. The fourth-order valence-corrected chi connectivity index (χ4v) is 0.587. The van der Waals surface area contributed by atoms with Crippen molar-refractivity contribution >= 4 is 0 Å². The van der Waals surface area contributed by atoms with Gasteiger partial charge in [0.05, 0.1) is 0 Å². The van der Waals surface area contributed by atoms with Gasteiger partial charge in [0.15, 0.2) is 0 Å². The van der Waals surface area contributed by atoms with Crippen LogP contribution in [0.25, 0.3) is 0 Å². The SMILES string of the molecule is CC.CCC(CC)[N+](=O)[O-]. The molecular weight excluding hydrogens is 130 g/mol.